The molecule has 64 heavy (non-hydrogen) atoms. The van der Waals surface area contributed by atoms with Gasteiger partial charge in [-0.05, 0) is 0 Å². The van der Waals surface area contributed by atoms with Crippen LogP contribution in [-0.4, -0.2) is 177 Å². The number of hydrogen-bond acceptors (Lipinski definition) is 25. The Bertz CT molecular complexity index is 1740. The summed E-state index contributed by atoms with van der Waals surface area (Å²) in [5.74, 6) is -9.25. The first-order valence-electron chi connectivity index (χ1n) is 19.5. The maximum absolute atomic E-state index is 12.9. The Labute approximate surface area is 365 Å². The highest BCUT2D eigenvalue weighted by Crippen LogP contribution is 2.37. The second-order valence-electron chi connectivity index (χ2n) is 14.4. The molecule has 15 atom stereocenters. The van der Waals surface area contributed by atoms with Gasteiger partial charge in [0.1, 0.15) is 56.4 Å². The summed E-state index contributed by atoms with van der Waals surface area (Å²) >= 11 is 0. The maximum atomic E-state index is 12.9. The van der Waals surface area contributed by atoms with Crippen molar-refractivity contribution in [3.05, 3.63) is 0 Å². The van der Waals surface area contributed by atoms with Gasteiger partial charge in [0.2, 0.25) is 5.91 Å². The number of nitrogens with one attached hydrogen (secondary N) is 1. The van der Waals surface area contributed by atoms with Crippen molar-refractivity contribution in [2.45, 2.75) is 161 Å². The zero-order valence-corrected chi connectivity index (χ0v) is 36.5. The minimum Gasteiger partial charge on any atom is -0.463 e. The molecular formula is C38H53NO25. The van der Waals surface area contributed by atoms with Crippen LogP contribution < -0.4 is 5.32 Å². The van der Waals surface area contributed by atoms with E-state index < -0.39 is 172 Å². The molecule has 0 aromatic heterocycles. The van der Waals surface area contributed by atoms with Gasteiger partial charge in [-0.15, -0.1) is 0 Å². The Morgan fingerprint density at radius 2 is 0.688 bits per heavy atom. The number of amides is 1. The van der Waals surface area contributed by atoms with Gasteiger partial charge >= 0.3 is 53.7 Å². The lowest BCUT2D eigenvalue weighted by molar-refractivity contribution is -0.374. The van der Waals surface area contributed by atoms with E-state index in [1.54, 1.807) is 0 Å². The number of esters is 9. The molecule has 2 N–H and O–H groups in total. The summed E-state index contributed by atoms with van der Waals surface area (Å²) in [6, 6.07) is -1.56. The number of carbonyl (C=O) groups excluding carboxylic acids is 10. The van der Waals surface area contributed by atoms with Crippen molar-refractivity contribution in [2.24, 2.45) is 0 Å². The minimum atomic E-state index is -2.00. The van der Waals surface area contributed by atoms with Gasteiger partial charge in [0.25, 0.3) is 0 Å². The Morgan fingerprint density at radius 3 is 1.05 bits per heavy atom. The molecule has 3 heterocycles. The standard InChI is InChI=1S/C38H53NO25/c1-14(40)39-27-31(55-19(6)45)28(24(60-36(27)50)11-51-15(2)41)63-37-35(59-23(10)49)33(57-21(8)47)30(26(62-37)13-53-17(4)43)64-38-34(58-22(9)48)32(56-20(7)46)29(54-18(5)44)25(61-38)12-52-16(3)42/h24-38,50H,11-13H2,1-10H3,(H,39,40)/t24-,25-,26-,27-,28-,29+,30+,31-,32+,33+,34-,35-,36?,37+,38-/m1/s1. The first kappa shape index (κ1) is 52.8. The fourth-order valence-electron chi connectivity index (χ4n) is 6.87. The average Bonchev–Trinajstić information content (AvgIpc) is 3.15. The normalized spacial score (nSPS) is 32.3. The number of ether oxygens (including phenoxy) is 14. The van der Waals surface area contributed by atoms with Crippen molar-refractivity contribution < 1.29 is 119 Å². The molecule has 0 bridgehead atoms. The Kier molecular flexibility index (Phi) is 19.8. The van der Waals surface area contributed by atoms with Crippen LogP contribution in [0.5, 0.6) is 0 Å². The zero-order chi connectivity index (χ0) is 48.2. The van der Waals surface area contributed by atoms with Crippen LogP contribution in [0.1, 0.15) is 69.2 Å². The molecule has 3 rings (SSSR count). The minimum absolute atomic E-state index is 0.675. The van der Waals surface area contributed by atoms with Crippen LogP contribution in [-0.2, 0) is 114 Å². The van der Waals surface area contributed by atoms with Crippen molar-refractivity contribution in [2.75, 3.05) is 19.8 Å². The molecule has 3 fully saturated rings. The van der Waals surface area contributed by atoms with E-state index in [-0.39, 0.29) is 0 Å². The van der Waals surface area contributed by atoms with Crippen LogP contribution in [0, 0.1) is 0 Å². The summed E-state index contributed by atoms with van der Waals surface area (Å²) in [7, 11) is 0. The van der Waals surface area contributed by atoms with Crippen LogP contribution in [0.2, 0.25) is 0 Å². The van der Waals surface area contributed by atoms with E-state index >= 15 is 0 Å². The van der Waals surface area contributed by atoms with E-state index in [9.17, 15) is 53.1 Å². The summed E-state index contributed by atoms with van der Waals surface area (Å²) in [5.41, 5.74) is 0. The zero-order valence-electron chi connectivity index (χ0n) is 36.5. The molecule has 1 unspecified atom stereocenters. The lowest BCUT2D eigenvalue weighted by Crippen LogP contribution is -2.69. The maximum Gasteiger partial charge on any atom is 0.303 e. The van der Waals surface area contributed by atoms with E-state index in [4.69, 9.17) is 66.3 Å². The Balaban J connectivity index is 2.28. The van der Waals surface area contributed by atoms with Gasteiger partial charge in [-0.1, -0.05) is 0 Å². The molecule has 360 valence electrons. The third-order valence-electron chi connectivity index (χ3n) is 8.97. The molecular weight excluding hydrogens is 870 g/mol. The quantitative estimate of drug-likeness (QED) is 0.114. The molecule has 3 aliphatic rings. The van der Waals surface area contributed by atoms with Gasteiger partial charge in [0.15, 0.2) is 55.5 Å². The largest absolute Gasteiger partial charge is 0.463 e. The van der Waals surface area contributed by atoms with E-state index in [1.165, 1.54) is 0 Å². The van der Waals surface area contributed by atoms with Gasteiger partial charge in [-0.25, -0.2) is 0 Å². The summed E-state index contributed by atoms with van der Waals surface area (Å²) in [6.07, 6.45) is -25.0. The first-order valence-corrected chi connectivity index (χ1v) is 19.5. The molecule has 3 saturated heterocycles. The third-order valence-corrected chi connectivity index (χ3v) is 8.97. The van der Waals surface area contributed by atoms with E-state index in [2.05, 4.69) is 5.32 Å². The summed E-state index contributed by atoms with van der Waals surface area (Å²) in [5, 5.41) is 13.3. The summed E-state index contributed by atoms with van der Waals surface area (Å²) < 4.78 is 79.3. The molecule has 0 radical (unpaired) electrons. The second kappa shape index (κ2) is 23.9. The van der Waals surface area contributed by atoms with Gasteiger partial charge < -0.3 is 76.7 Å². The van der Waals surface area contributed by atoms with Crippen molar-refractivity contribution in [3.8, 4) is 0 Å². The lowest BCUT2D eigenvalue weighted by Gasteiger charge is -2.50. The van der Waals surface area contributed by atoms with Crippen molar-refractivity contribution in [3.63, 3.8) is 0 Å². The van der Waals surface area contributed by atoms with Crippen molar-refractivity contribution in [1.29, 1.82) is 0 Å². The molecule has 0 spiro atoms. The van der Waals surface area contributed by atoms with E-state index in [0.29, 0.717) is 0 Å². The molecule has 0 aliphatic carbocycles. The van der Waals surface area contributed by atoms with Gasteiger partial charge in [-0.2, -0.15) is 0 Å². The number of hydrogen-bond donors (Lipinski definition) is 2. The Hall–Kier alpha value is -5.54. The van der Waals surface area contributed by atoms with Crippen LogP contribution in [0.4, 0.5) is 0 Å². The summed E-state index contributed by atoms with van der Waals surface area (Å²) in [6.45, 7) is 7.89. The third kappa shape index (κ3) is 15.6. The highest BCUT2D eigenvalue weighted by Gasteiger charge is 2.59. The monoisotopic (exact) mass is 923 g/mol. The van der Waals surface area contributed by atoms with Crippen LogP contribution in [0.15, 0.2) is 0 Å². The summed E-state index contributed by atoms with van der Waals surface area (Å²) in [4.78, 5) is 124. The number of aliphatic hydroxyl groups is 1. The van der Waals surface area contributed by atoms with Crippen LogP contribution in [0.25, 0.3) is 0 Å². The highest BCUT2D eigenvalue weighted by atomic mass is 16.8. The SMILES string of the molecule is CC(=O)N[C@H]1C(O)O[C@H](COC(C)=O)[C@@H](O[C@@H]2O[C@H](COC(C)=O)[C@H](O[C@H]3O[C@H](COC(C)=O)[C@H](OC(C)=O)[C@H](OC(C)=O)[C@H]3OC(C)=O)[C@H](OC(C)=O)[C@H]2OC(C)=O)[C@@H]1OC(C)=O. The van der Waals surface area contributed by atoms with Gasteiger partial charge in [0, 0.05) is 69.2 Å². The smallest absolute Gasteiger partial charge is 0.303 e. The van der Waals surface area contributed by atoms with Crippen LogP contribution >= 0.6 is 0 Å². The van der Waals surface area contributed by atoms with Crippen molar-refractivity contribution in [1.82, 2.24) is 5.32 Å². The van der Waals surface area contributed by atoms with E-state index in [1.807, 2.05) is 0 Å². The molecule has 0 saturated carbocycles. The van der Waals surface area contributed by atoms with Gasteiger partial charge in [-0.3, -0.25) is 47.9 Å². The number of aliphatic hydroxyl groups excluding tert-OH is 1. The molecule has 0 aromatic rings. The van der Waals surface area contributed by atoms with Gasteiger partial charge in [0.05, 0.1) is 0 Å². The van der Waals surface area contributed by atoms with Crippen molar-refractivity contribution >= 4 is 59.6 Å². The highest BCUT2D eigenvalue weighted by molar-refractivity contribution is 5.74. The fraction of sp³-hybridized carbons (Fsp3) is 0.737. The van der Waals surface area contributed by atoms with Crippen LogP contribution in [0.3, 0.4) is 0 Å². The number of rotatable bonds is 17. The topological polar surface area (TPSA) is 332 Å². The average molecular weight is 924 g/mol. The fourth-order valence-corrected chi connectivity index (χ4v) is 6.87. The Morgan fingerprint density at radius 1 is 0.391 bits per heavy atom. The first-order chi connectivity index (χ1) is 29.9. The molecule has 26 heteroatoms. The lowest BCUT2D eigenvalue weighted by atomic mass is 9.94. The molecule has 3 aliphatic heterocycles. The second-order valence-corrected chi connectivity index (χ2v) is 14.4. The molecule has 26 nitrogen and oxygen atoms in total. The number of carbonyl (C=O) groups is 10. The molecule has 0 aromatic carbocycles. The molecule has 1 amide bonds. The predicted molar refractivity (Wildman–Crippen MR) is 199 cm³/mol. The van der Waals surface area contributed by atoms with E-state index in [0.717, 1.165) is 69.2 Å². The predicted octanol–water partition coefficient (Wildman–Crippen LogP) is -2.29.